The maximum atomic E-state index is 12.3. The van der Waals surface area contributed by atoms with Crippen LogP contribution in [-0.4, -0.2) is 39.8 Å². The summed E-state index contributed by atoms with van der Waals surface area (Å²) in [6.07, 6.45) is 5.95. The minimum atomic E-state index is 0.163. The van der Waals surface area contributed by atoms with Crippen LogP contribution in [0.25, 0.3) is 11.5 Å². The zero-order valence-corrected chi connectivity index (χ0v) is 13.9. The first-order valence-corrected chi connectivity index (χ1v) is 9.11. The molecular weight excluding hydrogens is 310 g/mol. The largest absolute Gasteiger partial charge is 0.411 e. The number of likely N-dealkylation sites (tertiary alicyclic amines) is 1. The molecule has 0 spiro atoms. The summed E-state index contributed by atoms with van der Waals surface area (Å²) >= 11 is 1.32. The Labute approximate surface area is 140 Å². The molecule has 1 saturated heterocycles. The lowest BCUT2D eigenvalue weighted by Crippen LogP contribution is -2.35. The zero-order valence-electron chi connectivity index (χ0n) is 13.1. The van der Waals surface area contributed by atoms with Crippen molar-refractivity contribution < 1.29 is 9.21 Å². The summed E-state index contributed by atoms with van der Waals surface area (Å²) in [5.74, 6) is 1.01. The summed E-state index contributed by atoms with van der Waals surface area (Å²) < 4.78 is 5.62. The highest BCUT2D eigenvalue weighted by atomic mass is 32.2. The van der Waals surface area contributed by atoms with Gasteiger partial charge in [-0.1, -0.05) is 49.2 Å². The maximum absolute atomic E-state index is 12.3. The van der Waals surface area contributed by atoms with Crippen molar-refractivity contribution in [2.24, 2.45) is 0 Å². The summed E-state index contributed by atoms with van der Waals surface area (Å²) in [6, 6.07) is 9.65. The first-order chi connectivity index (χ1) is 11.3. The third-order valence-electron chi connectivity index (χ3n) is 3.96. The lowest BCUT2D eigenvalue weighted by atomic mass is 10.1. The average Bonchev–Trinajstić information content (AvgIpc) is 3.02. The second-order valence-electron chi connectivity index (χ2n) is 5.68. The molecule has 1 aromatic heterocycles. The normalized spacial score (nSPS) is 15.9. The predicted octanol–water partition coefficient (Wildman–Crippen LogP) is 3.62. The highest BCUT2D eigenvalue weighted by Crippen LogP contribution is 2.23. The van der Waals surface area contributed by atoms with Gasteiger partial charge < -0.3 is 9.32 Å². The fourth-order valence-corrected chi connectivity index (χ4v) is 3.34. The number of hydrogen-bond donors (Lipinski definition) is 0. The molecule has 2 heterocycles. The molecule has 1 fully saturated rings. The van der Waals surface area contributed by atoms with Crippen LogP contribution in [0.2, 0.25) is 0 Å². The quantitative estimate of drug-likeness (QED) is 0.801. The van der Waals surface area contributed by atoms with Gasteiger partial charge in [-0.15, -0.1) is 10.2 Å². The van der Waals surface area contributed by atoms with Crippen LogP contribution in [0.15, 0.2) is 40.0 Å². The van der Waals surface area contributed by atoms with Crippen LogP contribution in [0.4, 0.5) is 0 Å². The van der Waals surface area contributed by atoms with Gasteiger partial charge in [0.15, 0.2) is 0 Å². The van der Waals surface area contributed by atoms with Crippen molar-refractivity contribution >= 4 is 17.7 Å². The summed E-state index contributed by atoms with van der Waals surface area (Å²) in [7, 11) is 0. The number of rotatable bonds is 4. The number of carbonyl (C=O) groups is 1. The number of aromatic nitrogens is 2. The molecule has 122 valence electrons. The Bertz CT molecular complexity index is 622. The zero-order chi connectivity index (χ0) is 15.9. The van der Waals surface area contributed by atoms with Crippen molar-refractivity contribution in [1.29, 1.82) is 0 Å². The van der Waals surface area contributed by atoms with E-state index in [2.05, 4.69) is 10.2 Å². The van der Waals surface area contributed by atoms with Gasteiger partial charge in [-0.25, -0.2) is 0 Å². The summed E-state index contributed by atoms with van der Waals surface area (Å²) in [5.41, 5.74) is 0.891. The predicted molar refractivity (Wildman–Crippen MR) is 90.1 cm³/mol. The van der Waals surface area contributed by atoms with E-state index in [4.69, 9.17) is 4.42 Å². The van der Waals surface area contributed by atoms with E-state index in [1.165, 1.54) is 31.0 Å². The van der Waals surface area contributed by atoms with E-state index in [-0.39, 0.29) is 5.91 Å². The minimum Gasteiger partial charge on any atom is -0.411 e. The highest BCUT2D eigenvalue weighted by molar-refractivity contribution is 7.99. The van der Waals surface area contributed by atoms with Crippen LogP contribution < -0.4 is 0 Å². The van der Waals surface area contributed by atoms with Crippen LogP contribution >= 0.6 is 11.8 Å². The van der Waals surface area contributed by atoms with Crippen molar-refractivity contribution in [2.75, 3.05) is 18.8 Å². The van der Waals surface area contributed by atoms with Gasteiger partial charge in [-0.05, 0) is 25.0 Å². The molecule has 6 heteroatoms. The Morgan fingerprint density at radius 3 is 2.48 bits per heavy atom. The third-order valence-corrected chi connectivity index (χ3v) is 4.76. The fraction of sp³-hybridized carbons (Fsp3) is 0.471. The van der Waals surface area contributed by atoms with Gasteiger partial charge in [-0.2, -0.15) is 0 Å². The molecule has 0 unspecified atom stereocenters. The number of amides is 1. The van der Waals surface area contributed by atoms with E-state index < -0.39 is 0 Å². The Morgan fingerprint density at radius 1 is 1.04 bits per heavy atom. The number of carbonyl (C=O) groups excluding carboxylic acids is 1. The molecule has 0 saturated carbocycles. The smallest absolute Gasteiger partial charge is 0.277 e. The number of benzene rings is 1. The Morgan fingerprint density at radius 2 is 1.74 bits per heavy atom. The van der Waals surface area contributed by atoms with Gasteiger partial charge >= 0.3 is 0 Å². The van der Waals surface area contributed by atoms with Crippen LogP contribution in [0, 0.1) is 0 Å². The van der Waals surface area contributed by atoms with Gasteiger partial charge in [0.2, 0.25) is 11.8 Å². The van der Waals surface area contributed by atoms with Gasteiger partial charge in [0, 0.05) is 18.7 Å². The van der Waals surface area contributed by atoms with Gasteiger partial charge in [0.25, 0.3) is 5.22 Å². The van der Waals surface area contributed by atoms with E-state index in [0.29, 0.717) is 16.9 Å². The molecule has 0 atom stereocenters. The highest BCUT2D eigenvalue weighted by Gasteiger charge is 2.17. The summed E-state index contributed by atoms with van der Waals surface area (Å²) in [5, 5.41) is 8.51. The molecule has 0 bridgehead atoms. The fourth-order valence-electron chi connectivity index (χ4n) is 2.68. The molecule has 0 N–H and O–H groups in total. The summed E-state index contributed by atoms with van der Waals surface area (Å²) in [6.45, 7) is 1.75. The second kappa shape index (κ2) is 8.15. The van der Waals surface area contributed by atoms with Crippen LogP contribution in [0.1, 0.15) is 32.1 Å². The Kier molecular flexibility index (Phi) is 5.69. The minimum absolute atomic E-state index is 0.163. The Balaban J connectivity index is 1.53. The lowest BCUT2D eigenvalue weighted by Gasteiger charge is -2.24. The maximum Gasteiger partial charge on any atom is 0.277 e. The van der Waals surface area contributed by atoms with Crippen LogP contribution in [0.5, 0.6) is 0 Å². The first-order valence-electron chi connectivity index (χ1n) is 8.12. The van der Waals surface area contributed by atoms with Crippen molar-refractivity contribution in [1.82, 2.24) is 15.1 Å². The number of thioether (sulfide) groups is 1. The van der Waals surface area contributed by atoms with E-state index in [0.717, 1.165) is 31.5 Å². The summed E-state index contributed by atoms with van der Waals surface area (Å²) in [4.78, 5) is 14.3. The monoisotopic (exact) mass is 331 g/mol. The first kappa shape index (κ1) is 16.1. The molecule has 23 heavy (non-hydrogen) atoms. The number of hydrogen-bond acceptors (Lipinski definition) is 5. The van der Waals surface area contributed by atoms with Crippen molar-refractivity contribution in [3.63, 3.8) is 0 Å². The lowest BCUT2D eigenvalue weighted by molar-refractivity contribution is -0.128. The molecule has 1 amide bonds. The molecule has 0 radical (unpaired) electrons. The van der Waals surface area contributed by atoms with Gasteiger partial charge in [-0.3, -0.25) is 4.79 Å². The molecule has 3 rings (SSSR count). The van der Waals surface area contributed by atoms with Crippen molar-refractivity contribution in [2.45, 2.75) is 37.3 Å². The molecule has 2 aromatic rings. The molecule has 1 aliphatic rings. The van der Waals surface area contributed by atoms with E-state index in [1.54, 1.807) is 0 Å². The van der Waals surface area contributed by atoms with E-state index >= 15 is 0 Å². The molecule has 0 aliphatic carbocycles. The second-order valence-corrected chi connectivity index (χ2v) is 6.60. The standard InChI is InChI=1S/C17H21N3O2S/c21-15(20-11-7-2-1-3-8-12-20)13-23-17-19-18-16(22-17)14-9-5-4-6-10-14/h4-6,9-10H,1-3,7-8,11-13H2. The average molecular weight is 331 g/mol. The van der Waals surface area contributed by atoms with Crippen molar-refractivity contribution in [3.05, 3.63) is 30.3 Å². The molecule has 1 aromatic carbocycles. The topological polar surface area (TPSA) is 59.2 Å². The van der Waals surface area contributed by atoms with E-state index in [9.17, 15) is 4.79 Å². The number of nitrogens with zero attached hydrogens (tertiary/aromatic N) is 3. The van der Waals surface area contributed by atoms with Gasteiger partial charge in [0.1, 0.15) is 0 Å². The van der Waals surface area contributed by atoms with Crippen LogP contribution in [0.3, 0.4) is 0 Å². The molecule has 5 nitrogen and oxygen atoms in total. The molecule has 1 aliphatic heterocycles. The third kappa shape index (κ3) is 4.58. The van der Waals surface area contributed by atoms with Crippen molar-refractivity contribution in [3.8, 4) is 11.5 Å². The SMILES string of the molecule is O=C(CSc1nnc(-c2ccccc2)o1)N1CCCCCCC1. The molecular formula is C17H21N3O2S. The van der Waals surface area contributed by atoms with Gasteiger partial charge in [0.05, 0.1) is 5.75 Å². The van der Waals surface area contributed by atoms with Crippen LogP contribution in [-0.2, 0) is 4.79 Å². The Hall–Kier alpha value is -1.82. The van der Waals surface area contributed by atoms with E-state index in [1.807, 2.05) is 35.2 Å².